The maximum atomic E-state index is 12.3. The zero-order chi connectivity index (χ0) is 19.5. The van der Waals surface area contributed by atoms with Crippen LogP contribution < -0.4 is 5.56 Å². The summed E-state index contributed by atoms with van der Waals surface area (Å²) in [6.07, 6.45) is 7.22. The molecule has 1 atom stereocenters. The van der Waals surface area contributed by atoms with Gasteiger partial charge in [-0.15, -0.1) is 0 Å². The van der Waals surface area contributed by atoms with Gasteiger partial charge in [-0.2, -0.15) is 5.10 Å². The summed E-state index contributed by atoms with van der Waals surface area (Å²) in [5.41, 5.74) is 1.72. The molecule has 0 spiro atoms. The van der Waals surface area contributed by atoms with E-state index in [4.69, 9.17) is 0 Å². The third-order valence-corrected chi connectivity index (χ3v) is 6.08. The van der Waals surface area contributed by atoms with Crippen molar-refractivity contribution >= 4 is 5.91 Å². The molecule has 148 valence electrons. The van der Waals surface area contributed by atoms with Crippen LogP contribution in [0.2, 0.25) is 0 Å². The lowest BCUT2D eigenvalue weighted by Gasteiger charge is -2.34. The van der Waals surface area contributed by atoms with Crippen molar-refractivity contribution in [1.82, 2.24) is 24.6 Å². The lowest BCUT2D eigenvalue weighted by molar-refractivity contribution is -0.127. The molecule has 1 amide bonds. The first kappa shape index (κ1) is 18.8. The van der Waals surface area contributed by atoms with Gasteiger partial charge in [0.25, 0.3) is 5.56 Å². The van der Waals surface area contributed by atoms with Gasteiger partial charge >= 0.3 is 0 Å². The standard InChI is InChI=1S/C21H27N5O2/c1-24-18(2-4-20(24)27)15-25-12-8-16(9-13-25)14-26-21(28)5-3-19(23-26)17-6-10-22-11-7-17/h3,5-7,10-11,16,18H,2,4,8-9,12-15H2,1H3. The number of amides is 1. The van der Waals surface area contributed by atoms with Crippen LogP contribution in [-0.2, 0) is 11.3 Å². The van der Waals surface area contributed by atoms with E-state index < -0.39 is 0 Å². The SMILES string of the molecule is CN1C(=O)CCC1CN1CCC(Cn2nc(-c3ccncc3)ccc2=O)CC1. The highest BCUT2D eigenvalue weighted by atomic mass is 16.2. The van der Waals surface area contributed by atoms with E-state index in [2.05, 4.69) is 15.0 Å². The van der Waals surface area contributed by atoms with E-state index in [1.54, 1.807) is 29.2 Å². The van der Waals surface area contributed by atoms with E-state index in [9.17, 15) is 9.59 Å². The number of pyridine rings is 1. The molecule has 0 aliphatic carbocycles. The van der Waals surface area contributed by atoms with Gasteiger partial charge < -0.3 is 9.80 Å². The molecule has 0 saturated carbocycles. The first-order valence-corrected chi connectivity index (χ1v) is 10.1. The second kappa shape index (κ2) is 8.22. The number of hydrogen-bond donors (Lipinski definition) is 0. The Morgan fingerprint density at radius 1 is 1.00 bits per heavy atom. The van der Waals surface area contributed by atoms with Gasteiger partial charge in [-0.3, -0.25) is 14.6 Å². The molecule has 0 radical (unpaired) electrons. The molecular weight excluding hydrogens is 354 g/mol. The number of piperidine rings is 1. The topological polar surface area (TPSA) is 71.3 Å². The number of hydrogen-bond acceptors (Lipinski definition) is 5. The van der Waals surface area contributed by atoms with Crippen LogP contribution in [0.5, 0.6) is 0 Å². The zero-order valence-corrected chi connectivity index (χ0v) is 16.3. The summed E-state index contributed by atoms with van der Waals surface area (Å²) in [5, 5.41) is 4.58. The van der Waals surface area contributed by atoms with Crippen molar-refractivity contribution in [2.75, 3.05) is 26.7 Å². The van der Waals surface area contributed by atoms with E-state index in [0.717, 1.165) is 50.2 Å². The van der Waals surface area contributed by atoms with E-state index in [0.29, 0.717) is 24.9 Å². The molecule has 4 heterocycles. The van der Waals surface area contributed by atoms with Crippen molar-refractivity contribution in [3.63, 3.8) is 0 Å². The third kappa shape index (κ3) is 4.14. The quantitative estimate of drug-likeness (QED) is 0.787. The molecule has 7 nitrogen and oxygen atoms in total. The number of nitrogens with zero attached hydrogens (tertiary/aromatic N) is 5. The minimum Gasteiger partial charge on any atom is -0.341 e. The van der Waals surface area contributed by atoms with Crippen LogP contribution in [0.4, 0.5) is 0 Å². The third-order valence-electron chi connectivity index (χ3n) is 6.08. The van der Waals surface area contributed by atoms with E-state index in [1.807, 2.05) is 24.1 Å². The van der Waals surface area contributed by atoms with E-state index in [1.165, 1.54) is 0 Å². The Bertz CT molecular complexity index is 874. The number of likely N-dealkylation sites (N-methyl/N-ethyl adjacent to an activating group) is 1. The smallest absolute Gasteiger partial charge is 0.266 e. The first-order chi connectivity index (χ1) is 13.6. The molecule has 2 aromatic rings. The Morgan fingerprint density at radius 3 is 2.43 bits per heavy atom. The number of carbonyl (C=O) groups is 1. The highest BCUT2D eigenvalue weighted by Gasteiger charge is 2.30. The summed E-state index contributed by atoms with van der Waals surface area (Å²) < 4.78 is 1.61. The summed E-state index contributed by atoms with van der Waals surface area (Å²) in [4.78, 5) is 32.4. The summed E-state index contributed by atoms with van der Waals surface area (Å²) in [7, 11) is 1.92. The Hall–Kier alpha value is -2.54. The van der Waals surface area contributed by atoms with Crippen LogP contribution in [0.1, 0.15) is 25.7 Å². The lowest BCUT2D eigenvalue weighted by atomic mass is 9.96. The van der Waals surface area contributed by atoms with Gasteiger partial charge in [-0.05, 0) is 56.5 Å². The van der Waals surface area contributed by atoms with Gasteiger partial charge in [0.1, 0.15) is 0 Å². The number of carbonyl (C=O) groups excluding carboxylic acids is 1. The van der Waals surface area contributed by atoms with Gasteiger partial charge in [0.15, 0.2) is 0 Å². The van der Waals surface area contributed by atoms with Crippen molar-refractivity contribution in [2.24, 2.45) is 5.92 Å². The Labute approximate surface area is 165 Å². The van der Waals surface area contributed by atoms with Crippen LogP contribution >= 0.6 is 0 Å². The molecule has 2 saturated heterocycles. The second-order valence-corrected chi connectivity index (χ2v) is 7.92. The predicted octanol–water partition coefficient (Wildman–Crippen LogP) is 1.64. The summed E-state index contributed by atoms with van der Waals surface area (Å²) >= 11 is 0. The summed E-state index contributed by atoms with van der Waals surface area (Å²) in [6, 6.07) is 7.53. The van der Waals surface area contributed by atoms with Gasteiger partial charge in [0, 0.05) is 56.6 Å². The van der Waals surface area contributed by atoms with Crippen LogP contribution in [0.3, 0.4) is 0 Å². The van der Waals surface area contributed by atoms with Crippen molar-refractivity contribution < 1.29 is 4.79 Å². The lowest BCUT2D eigenvalue weighted by Crippen LogP contribution is -2.44. The Balaban J connectivity index is 1.35. The molecule has 2 fully saturated rings. The minimum atomic E-state index is -0.0497. The molecule has 0 bridgehead atoms. The largest absolute Gasteiger partial charge is 0.341 e. The van der Waals surface area contributed by atoms with Crippen molar-refractivity contribution in [3.05, 3.63) is 47.0 Å². The van der Waals surface area contributed by atoms with Gasteiger partial charge in [-0.25, -0.2) is 4.68 Å². The number of likely N-dealkylation sites (tertiary alicyclic amines) is 2. The molecule has 28 heavy (non-hydrogen) atoms. The van der Waals surface area contributed by atoms with E-state index >= 15 is 0 Å². The maximum Gasteiger partial charge on any atom is 0.266 e. The Kier molecular flexibility index (Phi) is 5.52. The molecule has 1 unspecified atom stereocenters. The fourth-order valence-corrected chi connectivity index (χ4v) is 4.23. The molecule has 7 heteroatoms. The molecular formula is C21H27N5O2. The monoisotopic (exact) mass is 381 g/mol. The van der Waals surface area contributed by atoms with Gasteiger partial charge in [-0.1, -0.05) is 0 Å². The second-order valence-electron chi connectivity index (χ2n) is 7.92. The Morgan fingerprint density at radius 2 is 1.75 bits per heavy atom. The number of aromatic nitrogens is 3. The predicted molar refractivity (Wildman–Crippen MR) is 107 cm³/mol. The minimum absolute atomic E-state index is 0.0497. The van der Waals surface area contributed by atoms with Crippen LogP contribution in [0.15, 0.2) is 41.5 Å². The summed E-state index contributed by atoms with van der Waals surface area (Å²) in [6.45, 7) is 3.65. The molecule has 4 rings (SSSR count). The average Bonchev–Trinajstić information content (AvgIpc) is 3.04. The summed E-state index contributed by atoms with van der Waals surface area (Å²) in [5.74, 6) is 0.719. The van der Waals surface area contributed by atoms with Crippen molar-refractivity contribution in [2.45, 2.75) is 38.3 Å². The van der Waals surface area contributed by atoms with E-state index in [-0.39, 0.29) is 11.5 Å². The highest BCUT2D eigenvalue weighted by molar-refractivity contribution is 5.78. The van der Waals surface area contributed by atoms with Crippen LogP contribution in [-0.4, -0.2) is 63.2 Å². The zero-order valence-electron chi connectivity index (χ0n) is 16.3. The fraction of sp³-hybridized carbons (Fsp3) is 0.524. The normalized spacial score (nSPS) is 21.4. The maximum absolute atomic E-state index is 12.3. The van der Waals surface area contributed by atoms with Crippen molar-refractivity contribution in [3.8, 4) is 11.3 Å². The molecule has 0 aromatic carbocycles. The average molecular weight is 381 g/mol. The highest BCUT2D eigenvalue weighted by Crippen LogP contribution is 2.23. The molecule has 2 aromatic heterocycles. The van der Waals surface area contributed by atoms with Gasteiger partial charge in [0.2, 0.25) is 5.91 Å². The molecule has 0 N–H and O–H groups in total. The fourth-order valence-electron chi connectivity index (χ4n) is 4.23. The van der Waals surface area contributed by atoms with Crippen molar-refractivity contribution in [1.29, 1.82) is 0 Å². The molecule has 2 aliphatic rings. The first-order valence-electron chi connectivity index (χ1n) is 10.1. The van der Waals surface area contributed by atoms with Crippen LogP contribution in [0.25, 0.3) is 11.3 Å². The molecule has 2 aliphatic heterocycles. The number of rotatable bonds is 5. The van der Waals surface area contributed by atoms with Gasteiger partial charge in [0.05, 0.1) is 5.69 Å². The van der Waals surface area contributed by atoms with Crippen LogP contribution in [0, 0.1) is 5.92 Å².